The molecule has 2 amide bonds. The minimum Gasteiger partial charge on any atom is -0.497 e. The first-order valence-corrected chi connectivity index (χ1v) is 11.2. The van der Waals surface area contributed by atoms with Gasteiger partial charge in [-0.05, 0) is 54.8 Å². The van der Waals surface area contributed by atoms with Crippen LogP contribution in [-0.4, -0.2) is 36.3 Å². The number of carbonyl (C=O) groups excluding carboxylic acids is 1. The zero-order chi connectivity index (χ0) is 23.9. The first-order chi connectivity index (χ1) is 16.6. The molecule has 0 unspecified atom stereocenters. The van der Waals surface area contributed by atoms with E-state index in [-0.39, 0.29) is 12.1 Å². The van der Waals surface area contributed by atoms with Crippen molar-refractivity contribution in [1.29, 1.82) is 5.26 Å². The lowest BCUT2D eigenvalue weighted by molar-refractivity contribution is 0.248. The van der Waals surface area contributed by atoms with E-state index in [9.17, 15) is 10.1 Å². The molecule has 4 rings (SSSR count). The predicted molar refractivity (Wildman–Crippen MR) is 129 cm³/mol. The van der Waals surface area contributed by atoms with Crippen molar-refractivity contribution < 1.29 is 14.3 Å². The van der Waals surface area contributed by atoms with Gasteiger partial charge in [-0.15, -0.1) is 0 Å². The molecule has 8 nitrogen and oxygen atoms in total. The molecule has 2 aromatic carbocycles. The highest BCUT2D eigenvalue weighted by Crippen LogP contribution is 2.26. The second-order valence-electron chi connectivity index (χ2n) is 8.21. The summed E-state index contributed by atoms with van der Waals surface area (Å²) in [6.45, 7) is 0. The Morgan fingerprint density at radius 1 is 1.12 bits per heavy atom. The van der Waals surface area contributed by atoms with E-state index in [0.717, 1.165) is 36.8 Å². The zero-order valence-electron chi connectivity index (χ0n) is 19.3. The van der Waals surface area contributed by atoms with Crippen molar-refractivity contribution in [2.45, 2.75) is 38.1 Å². The van der Waals surface area contributed by atoms with Gasteiger partial charge in [-0.1, -0.05) is 12.8 Å². The number of nitriles is 1. The van der Waals surface area contributed by atoms with Crippen LogP contribution in [0.3, 0.4) is 0 Å². The first-order valence-electron chi connectivity index (χ1n) is 11.2. The van der Waals surface area contributed by atoms with Gasteiger partial charge in [-0.2, -0.15) is 5.26 Å². The summed E-state index contributed by atoms with van der Waals surface area (Å²) in [4.78, 5) is 21.5. The minimum absolute atomic E-state index is 0.211. The quantitative estimate of drug-likeness (QED) is 0.533. The highest BCUT2D eigenvalue weighted by atomic mass is 16.5. The van der Waals surface area contributed by atoms with E-state index in [4.69, 9.17) is 9.47 Å². The molecular weight excluding hydrogens is 430 g/mol. The predicted octanol–water partition coefficient (Wildman–Crippen LogP) is 4.69. The van der Waals surface area contributed by atoms with Crippen LogP contribution in [0.25, 0.3) is 11.3 Å². The Kier molecular flexibility index (Phi) is 7.23. The molecule has 0 saturated heterocycles. The van der Waals surface area contributed by atoms with Crippen LogP contribution >= 0.6 is 0 Å². The topological polar surface area (TPSA) is 109 Å². The van der Waals surface area contributed by atoms with Crippen LogP contribution in [0.2, 0.25) is 0 Å². The number of anilines is 1. The van der Waals surface area contributed by atoms with E-state index in [1.807, 2.05) is 18.2 Å². The monoisotopic (exact) mass is 457 g/mol. The number of hydrogen-bond acceptors (Lipinski definition) is 6. The van der Waals surface area contributed by atoms with Crippen molar-refractivity contribution in [2.75, 3.05) is 19.5 Å². The number of ether oxygens (including phenoxy) is 2. The fourth-order valence-corrected chi connectivity index (χ4v) is 4.16. The number of carbonyl (C=O) groups is 1. The molecule has 1 aliphatic rings. The van der Waals surface area contributed by atoms with Crippen LogP contribution in [0, 0.1) is 11.3 Å². The summed E-state index contributed by atoms with van der Waals surface area (Å²) in [5, 5.41) is 15.3. The van der Waals surface area contributed by atoms with Gasteiger partial charge in [-0.3, -0.25) is 0 Å². The number of methoxy groups -OCH3 is 2. The minimum atomic E-state index is -0.211. The Bertz CT molecular complexity index is 1220. The fourth-order valence-electron chi connectivity index (χ4n) is 4.16. The third-order valence-electron chi connectivity index (χ3n) is 5.83. The Labute approximate surface area is 199 Å². The summed E-state index contributed by atoms with van der Waals surface area (Å²) in [6, 6.07) is 14.9. The molecule has 1 aliphatic carbocycles. The highest BCUT2D eigenvalue weighted by Gasteiger charge is 2.17. The number of nitrogens with one attached hydrogen (secondary N) is 2. The van der Waals surface area contributed by atoms with Crippen LogP contribution < -0.4 is 20.1 Å². The maximum Gasteiger partial charge on any atom is 0.319 e. The van der Waals surface area contributed by atoms with Crippen LogP contribution in [0.1, 0.15) is 42.6 Å². The molecule has 1 heterocycles. The van der Waals surface area contributed by atoms with E-state index in [2.05, 4.69) is 26.7 Å². The summed E-state index contributed by atoms with van der Waals surface area (Å²) < 4.78 is 10.7. The van der Waals surface area contributed by atoms with Crippen molar-refractivity contribution in [3.63, 3.8) is 0 Å². The van der Waals surface area contributed by atoms with Gasteiger partial charge < -0.3 is 20.1 Å². The molecule has 1 aromatic heterocycles. The van der Waals surface area contributed by atoms with Gasteiger partial charge in [0.15, 0.2) is 0 Å². The molecule has 0 aliphatic heterocycles. The van der Waals surface area contributed by atoms with Gasteiger partial charge in [0.2, 0.25) is 0 Å². The molecule has 1 fully saturated rings. The molecule has 8 heteroatoms. The van der Waals surface area contributed by atoms with Gasteiger partial charge in [0, 0.05) is 36.0 Å². The lowest BCUT2D eigenvalue weighted by atomic mass is 10.1. The van der Waals surface area contributed by atoms with Crippen LogP contribution in [0.5, 0.6) is 11.5 Å². The summed E-state index contributed by atoms with van der Waals surface area (Å²) in [5.41, 5.74) is 3.51. The number of urea groups is 1. The summed E-state index contributed by atoms with van der Waals surface area (Å²) in [6.07, 6.45) is 6.50. The van der Waals surface area contributed by atoms with Gasteiger partial charge >= 0.3 is 6.03 Å². The third kappa shape index (κ3) is 5.62. The zero-order valence-corrected chi connectivity index (χ0v) is 19.3. The number of aromatic nitrogens is 2. The molecule has 2 N–H and O–H groups in total. The second kappa shape index (κ2) is 10.7. The molecular formula is C26H27N5O3. The number of benzene rings is 2. The summed E-state index contributed by atoms with van der Waals surface area (Å²) in [5.74, 6) is 1.77. The van der Waals surface area contributed by atoms with Crippen molar-refractivity contribution in [2.24, 2.45) is 0 Å². The third-order valence-corrected chi connectivity index (χ3v) is 5.83. The van der Waals surface area contributed by atoms with E-state index in [1.165, 1.54) is 7.11 Å². The fraction of sp³-hybridized carbons (Fsp3) is 0.308. The average molecular weight is 458 g/mol. The number of amides is 2. The number of hydrogen-bond donors (Lipinski definition) is 2. The number of nitrogens with zero attached hydrogens (tertiary/aromatic N) is 3. The Morgan fingerprint density at radius 3 is 2.68 bits per heavy atom. The Morgan fingerprint density at radius 2 is 1.94 bits per heavy atom. The van der Waals surface area contributed by atoms with E-state index < -0.39 is 0 Å². The molecule has 174 valence electrons. The van der Waals surface area contributed by atoms with E-state index in [1.54, 1.807) is 37.6 Å². The standard InChI is InChI=1S/C26H27N5O3/c1-33-22-12-17(11-21(15-22)30-26(32)29-20-5-3-4-6-20)13-25-28-10-9-23(31-25)18-7-8-24(34-2)19(14-18)16-27/h7-12,14-15,20H,3-6,13H2,1-2H3,(H2,29,30,32). The highest BCUT2D eigenvalue weighted by molar-refractivity contribution is 5.89. The number of rotatable bonds is 7. The largest absolute Gasteiger partial charge is 0.497 e. The Hall–Kier alpha value is -4.12. The molecule has 3 aromatic rings. The van der Waals surface area contributed by atoms with Crippen molar-refractivity contribution in [1.82, 2.24) is 15.3 Å². The molecule has 0 radical (unpaired) electrons. The van der Waals surface area contributed by atoms with Crippen molar-refractivity contribution in [3.05, 3.63) is 65.6 Å². The van der Waals surface area contributed by atoms with Crippen molar-refractivity contribution in [3.8, 4) is 28.8 Å². The molecule has 0 atom stereocenters. The lowest BCUT2D eigenvalue weighted by Crippen LogP contribution is -2.36. The second-order valence-corrected chi connectivity index (χ2v) is 8.21. The summed E-state index contributed by atoms with van der Waals surface area (Å²) >= 11 is 0. The summed E-state index contributed by atoms with van der Waals surface area (Å²) in [7, 11) is 3.13. The molecule has 1 saturated carbocycles. The lowest BCUT2D eigenvalue weighted by Gasteiger charge is -2.14. The molecule has 0 spiro atoms. The van der Waals surface area contributed by atoms with Crippen LogP contribution in [0.4, 0.5) is 10.5 Å². The maximum absolute atomic E-state index is 12.4. The van der Waals surface area contributed by atoms with Crippen molar-refractivity contribution >= 4 is 11.7 Å². The smallest absolute Gasteiger partial charge is 0.319 e. The van der Waals surface area contributed by atoms with Gasteiger partial charge in [0.05, 0.1) is 25.5 Å². The normalized spacial score (nSPS) is 13.2. The van der Waals surface area contributed by atoms with Crippen LogP contribution in [0.15, 0.2) is 48.7 Å². The van der Waals surface area contributed by atoms with Crippen LogP contribution in [-0.2, 0) is 6.42 Å². The van der Waals surface area contributed by atoms with Gasteiger partial charge in [-0.25, -0.2) is 14.8 Å². The molecule has 34 heavy (non-hydrogen) atoms. The first kappa shape index (κ1) is 23.1. The van der Waals surface area contributed by atoms with Gasteiger partial charge in [0.25, 0.3) is 0 Å². The maximum atomic E-state index is 12.4. The average Bonchev–Trinajstić information content (AvgIpc) is 3.36. The SMILES string of the molecule is COc1cc(Cc2nccc(-c3ccc(OC)c(C#N)c3)n2)cc(NC(=O)NC2CCCC2)c1. The van der Waals surface area contributed by atoms with E-state index in [0.29, 0.717) is 40.7 Å². The van der Waals surface area contributed by atoms with Gasteiger partial charge in [0.1, 0.15) is 23.4 Å². The molecule has 0 bridgehead atoms. The Balaban J connectivity index is 1.52. The van der Waals surface area contributed by atoms with E-state index >= 15 is 0 Å².